The van der Waals surface area contributed by atoms with E-state index < -0.39 is 28.1 Å². The highest BCUT2D eigenvalue weighted by atomic mass is 32.2. The van der Waals surface area contributed by atoms with E-state index in [-0.39, 0.29) is 23.8 Å². The van der Waals surface area contributed by atoms with E-state index in [0.29, 0.717) is 11.3 Å². The zero-order valence-electron chi connectivity index (χ0n) is 19.4. The van der Waals surface area contributed by atoms with Crippen LogP contribution in [0.3, 0.4) is 0 Å². The van der Waals surface area contributed by atoms with Crippen LogP contribution in [0.1, 0.15) is 16.8 Å². The molecule has 1 N–H and O–H groups in total. The Morgan fingerprint density at radius 1 is 0.886 bits per heavy atom. The molecule has 1 heterocycles. The lowest BCUT2D eigenvalue weighted by atomic mass is 10.0. The molecular formula is C26H26N2O6S. The Balaban J connectivity index is 1.50. The molecule has 1 aliphatic rings. The van der Waals surface area contributed by atoms with E-state index >= 15 is 0 Å². The zero-order chi connectivity index (χ0) is 25.0. The molecule has 2 atom stereocenters. The molecule has 1 aliphatic heterocycles. The molecule has 1 saturated heterocycles. The molecule has 3 aromatic carbocycles. The van der Waals surface area contributed by atoms with Crippen molar-refractivity contribution >= 4 is 21.9 Å². The van der Waals surface area contributed by atoms with Crippen LogP contribution in [-0.4, -0.2) is 57.4 Å². The number of benzene rings is 3. The number of carbonyl (C=O) groups is 2. The van der Waals surface area contributed by atoms with Gasteiger partial charge in [0.2, 0.25) is 10.0 Å². The summed E-state index contributed by atoms with van der Waals surface area (Å²) in [7, 11) is -1.32. The van der Waals surface area contributed by atoms with Gasteiger partial charge < -0.3 is 14.8 Å². The van der Waals surface area contributed by atoms with Crippen molar-refractivity contribution in [1.29, 1.82) is 0 Å². The van der Waals surface area contributed by atoms with Gasteiger partial charge in [-0.15, -0.1) is 0 Å². The number of nitrogens with one attached hydrogen (secondary N) is 1. The summed E-state index contributed by atoms with van der Waals surface area (Å²) in [5, 5.41) is 2.86. The lowest BCUT2D eigenvalue weighted by Crippen LogP contribution is -2.41. The zero-order valence-corrected chi connectivity index (χ0v) is 20.2. The van der Waals surface area contributed by atoms with E-state index in [1.807, 2.05) is 42.5 Å². The van der Waals surface area contributed by atoms with Gasteiger partial charge in [-0.1, -0.05) is 42.5 Å². The Bertz CT molecular complexity index is 1290. The van der Waals surface area contributed by atoms with Gasteiger partial charge in [0.1, 0.15) is 11.8 Å². The number of nitrogens with zero attached hydrogens (tertiary/aromatic N) is 1. The molecule has 0 aromatic heterocycles. The molecule has 0 bridgehead atoms. The van der Waals surface area contributed by atoms with E-state index in [1.165, 1.54) is 38.5 Å². The standard InChI is InChI=1S/C26H26N2O6S/c1-33-22-12-14-23(15-13-22)35(31,32)28-17-21(16-24(28)26(30)34-2)27-25(29)20-10-8-19(9-11-20)18-6-4-3-5-7-18/h3-15,21,24H,16-17H2,1-2H3,(H,27,29)/t21-,24+/m0/s1. The monoisotopic (exact) mass is 494 g/mol. The van der Waals surface area contributed by atoms with Crippen LogP contribution in [0.4, 0.5) is 0 Å². The molecule has 4 rings (SSSR count). The van der Waals surface area contributed by atoms with Gasteiger partial charge >= 0.3 is 5.97 Å². The fourth-order valence-corrected chi connectivity index (χ4v) is 5.76. The van der Waals surface area contributed by atoms with Crippen molar-refractivity contribution in [2.75, 3.05) is 20.8 Å². The minimum atomic E-state index is -4.01. The Morgan fingerprint density at radius 3 is 2.11 bits per heavy atom. The highest BCUT2D eigenvalue weighted by Crippen LogP contribution is 2.28. The van der Waals surface area contributed by atoms with Crippen molar-refractivity contribution < 1.29 is 27.5 Å². The van der Waals surface area contributed by atoms with Gasteiger partial charge in [0.15, 0.2) is 0 Å². The third-order valence-electron chi connectivity index (χ3n) is 5.98. The first-order valence-corrected chi connectivity index (χ1v) is 12.5. The van der Waals surface area contributed by atoms with E-state index in [9.17, 15) is 18.0 Å². The number of ether oxygens (including phenoxy) is 2. The second-order valence-electron chi connectivity index (χ2n) is 8.14. The molecule has 35 heavy (non-hydrogen) atoms. The summed E-state index contributed by atoms with van der Waals surface area (Å²) < 4.78 is 37.6. The van der Waals surface area contributed by atoms with E-state index in [1.54, 1.807) is 12.1 Å². The first-order chi connectivity index (χ1) is 16.8. The second-order valence-corrected chi connectivity index (χ2v) is 10.0. The van der Waals surface area contributed by atoms with Crippen molar-refractivity contribution in [3.63, 3.8) is 0 Å². The van der Waals surface area contributed by atoms with E-state index in [4.69, 9.17) is 9.47 Å². The summed E-state index contributed by atoms with van der Waals surface area (Å²) in [6, 6.07) is 21.3. The number of carbonyl (C=O) groups excluding carboxylic acids is 2. The van der Waals surface area contributed by atoms with Crippen LogP contribution in [0, 0.1) is 0 Å². The predicted octanol–water partition coefficient (Wildman–Crippen LogP) is 3.10. The molecule has 0 saturated carbocycles. The quantitative estimate of drug-likeness (QED) is 0.507. The fourth-order valence-electron chi connectivity index (χ4n) is 4.12. The summed E-state index contributed by atoms with van der Waals surface area (Å²) in [6.07, 6.45) is 0.107. The molecule has 0 unspecified atom stereocenters. The molecule has 182 valence electrons. The molecule has 0 spiro atoms. The van der Waals surface area contributed by atoms with Crippen LogP contribution in [0.2, 0.25) is 0 Å². The first kappa shape index (κ1) is 24.4. The van der Waals surface area contributed by atoms with Crippen molar-refractivity contribution in [3.05, 3.63) is 84.4 Å². The van der Waals surface area contributed by atoms with Crippen molar-refractivity contribution in [2.45, 2.75) is 23.4 Å². The van der Waals surface area contributed by atoms with Crippen molar-refractivity contribution in [3.8, 4) is 16.9 Å². The van der Waals surface area contributed by atoms with Crippen LogP contribution in [0.5, 0.6) is 5.75 Å². The predicted molar refractivity (Wildman–Crippen MR) is 130 cm³/mol. The molecule has 3 aromatic rings. The minimum absolute atomic E-state index is 0.0238. The largest absolute Gasteiger partial charge is 0.497 e. The van der Waals surface area contributed by atoms with Crippen molar-refractivity contribution in [2.24, 2.45) is 0 Å². The van der Waals surface area contributed by atoms with Crippen LogP contribution in [0.15, 0.2) is 83.8 Å². The van der Waals surface area contributed by atoms with Crippen LogP contribution in [0.25, 0.3) is 11.1 Å². The number of esters is 1. The lowest BCUT2D eigenvalue weighted by Gasteiger charge is -2.22. The van der Waals surface area contributed by atoms with Gasteiger partial charge in [-0.3, -0.25) is 9.59 Å². The van der Waals surface area contributed by atoms with Crippen LogP contribution in [-0.2, 0) is 19.6 Å². The summed E-state index contributed by atoms with van der Waals surface area (Å²) in [5.41, 5.74) is 2.46. The molecule has 9 heteroatoms. The number of sulfonamides is 1. The van der Waals surface area contributed by atoms with Crippen molar-refractivity contribution in [1.82, 2.24) is 9.62 Å². The summed E-state index contributed by atoms with van der Waals surface area (Å²) >= 11 is 0. The summed E-state index contributed by atoms with van der Waals surface area (Å²) in [4.78, 5) is 25.3. The Hall–Kier alpha value is -3.69. The molecule has 0 aliphatic carbocycles. The normalized spacial score (nSPS) is 18.1. The maximum Gasteiger partial charge on any atom is 0.324 e. The molecule has 8 nitrogen and oxygen atoms in total. The minimum Gasteiger partial charge on any atom is -0.497 e. The van der Waals surface area contributed by atoms with E-state index in [2.05, 4.69) is 5.32 Å². The highest BCUT2D eigenvalue weighted by Gasteiger charge is 2.45. The van der Waals surface area contributed by atoms with Gasteiger partial charge in [-0.05, 0) is 53.9 Å². The van der Waals surface area contributed by atoms with Gasteiger partial charge in [-0.25, -0.2) is 8.42 Å². The Morgan fingerprint density at radius 2 is 1.51 bits per heavy atom. The number of hydrogen-bond acceptors (Lipinski definition) is 6. The third-order valence-corrected chi connectivity index (χ3v) is 7.87. The first-order valence-electron chi connectivity index (χ1n) is 11.0. The number of rotatable bonds is 7. The number of hydrogen-bond donors (Lipinski definition) is 1. The maximum absolute atomic E-state index is 13.3. The van der Waals surface area contributed by atoms with Gasteiger partial charge in [0.05, 0.1) is 19.1 Å². The Labute approximate surface area is 204 Å². The number of amides is 1. The van der Waals surface area contributed by atoms with Crippen LogP contribution < -0.4 is 10.1 Å². The maximum atomic E-state index is 13.3. The second kappa shape index (κ2) is 10.3. The number of methoxy groups -OCH3 is 2. The average Bonchev–Trinajstić information content (AvgIpc) is 3.33. The van der Waals surface area contributed by atoms with Gasteiger partial charge in [-0.2, -0.15) is 4.31 Å². The molecule has 0 radical (unpaired) electrons. The third kappa shape index (κ3) is 5.21. The summed E-state index contributed by atoms with van der Waals surface area (Å²) in [6.45, 7) is -0.0536. The van der Waals surface area contributed by atoms with E-state index in [0.717, 1.165) is 15.4 Å². The fraction of sp³-hybridized carbons (Fsp3) is 0.231. The smallest absolute Gasteiger partial charge is 0.324 e. The topological polar surface area (TPSA) is 102 Å². The average molecular weight is 495 g/mol. The molecular weight excluding hydrogens is 468 g/mol. The molecule has 1 amide bonds. The highest BCUT2D eigenvalue weighted by molar-refractivity contribution is 7.89. The summed E-state index contributed by atoms with van der Waals surface area (Å²) in [5.74, 6) is -0.508. The van der Waals surface area contributed by atoms with Gasteiger partial charge in [0.25, 0.3) is 5.91 Å². The molecule has 1 fully saturated rings. The SMILES string of the molecule is COC(=O)[C@H]1C[C@H](NC(=O)c2ccc(-c3ccccc3)cc2)CN1S(=O)(=O)c1ccc(OC)cc1. The Kier molecular flexibility index (Phi) is 7.18. The van der Waals surface area contributed by atoms with Crippen LogP contribution >= 0.6 is 0 Å². The van der Waals surface area contributed by atoms with Gasteiger partial charge in [0, 0.05) is 18.2 Å². The lowest BCUT2D eigenvalue weighted by molar-refractivity contribution is -0.144.